The summed E-state index contributed by atoms with van der Waals surface area (Å²) < 4.78 is 2.31. The van der Waals surface area contributed by atoms with Crippen LogP contribution in [0.15, 0.2) is 24.3 Å². The average molecular weight is 230 g/mol. The maximum Gasteiger partial charge on any atom is 0.0833 e. The van der Waals surface area contributed by atoms with E-state index in [-0.39, 0.29) is 6.61 Å². The molecular formula is C14H18N2O. The minimum absolute atomic E-state index is 0.108. The molecule has 0 aliphatic carbocycles. The van der Waals surface area contributed by atoms with Gasteiger partial charge in [-0.3, -0.25) is 0 Å². The third kappa shape index (κ3) is 1.46. The van der Waals surface area contributed by atoms with Gasteiger partial charge >= 0.3 is 0 Å². The summed E-state index contributed by atoms with van der Waals surface area (Å²) in [5.41, 5.74) is 3.44. The fraction of sp³-hybridized carbons (Fsp3) is 0.429. The molecule has 2 N–H and O–H groups in total. The van der Waals surface area contributed by atoms with Crippen molar-refractivity contribution in [2.75, 3.05) is 11.9 Å². The number of hydrogen-bond acceptors (Lipinski definition) is 2. The Morgan fingerprint density at radius 2 is 2.29 bits per heavy atom. The quantitative estimate of drug-likeness (QED) is 0.832. The van der Waals surface area contributed by atoms with Gasteiger partial charge in [-0.25, -0.2) is 0 Å². The second-order valence-electron chi connectivity index (χ2n) is 5.10. The Morgan fingerprint density at radius 1 is 1.47 bits per heavy atom. The molecule has 3 nitrogen and oxygen atoms in total. The molecular weight excluding hydrogens is 212 g/mol. The number of aliphatic hydroxyl groups is 1. The fourth-order valence-corrected chi connectivity index (χ4v) is 2.82. The standard InChI is InChI=1S/C14H18N2O/c1-9(2)13-7-15-12-5-3-4-10-6-11(8-17)16(13)14(10)12/h3-6,9,13,15,17H,7-8H2,1-2H3. The van der Waals surface area contributed by atoms with E-state index in [0.717, 1.165) is 12.2 Å². The Kier molecular flexibility index (Phi) is 2.37. The summed E-state index contributed by atoms with van der Waals surface area (Å²) in [6.45, 7) is 5.50. The molecule has 1 aliphatic rings. The Hall–Kier alpha value is -1.48. The number of nitrogens with zero attached hydrogens (tertiary/aromatic N) is 1. The van der Waals surface area contributed by atoms with Gasteiger partial charge in [0.2, 0.25) is 0 Å². The van der Waals surface area contributed by atoms with Crippen molar-refractivity contribution in [1.29, 1.82) is 0 Å². The van der Waals surface area contributed by atoms with Gasteiger partial charge in [0, 0.05) is 17.6 Å². The zero-order chi connectivity index (χ0) is 12.0. The van der Waals surface area contributed by atoms with E-state index >= 15 is 0 Å². The first kappa shape index (κ1) is 10.7. The summed E-state index contributed by atoms with van der Waals surface area (Å²) in [6.07, 6.45) is 0. The molecule has 0 radical (unpaired) electrons. The van der Waals surface area contributed by atoms with Gasteiger partial charge in [-0.1, -0.05) is 26.0 Å². The van der Waals surface area contributed by atoms with Crippen molar-refractivity contribution in [3.63, 3.8) is 0 Å². The monoisotopic (exact) mass is 230 g/mol. The van der Waals surface area contributed by atoms with Crippen LogP contribution in [0.5, 0.6) is 0 Å². The smallest absolute Gasteiger partial charge is 0.0833 e. The maximum atomic E-state index is 9.52. The second kappa shape index (κ2) is 3.77. The molecule has 0 fully saturated rings. The van der Waals surface area contributed by atoms with Crippen LogP contribution < -0.4 is 5.32 Å². The highest BCUT2D eigenvalue weighted by atomic mass is 16.3. The van der Waals surface area contributed by atoms with Crippen molar-refractivity contribution in [3.8, 4) is 0 Å². The van der Waals surface area contributed by atoms with Crippen molar-refractivity contribution in [2.45, 2.75) is 26.5 Å². The molecule has 2 heterocycles. The van der Waals surface area contributed by atoms with E-state index in [0.29, 0.717) is 12.0 Å². The molecule has 0 spiro atoms. The fourth-order valence-electron chi connectivity index (χ4n) is 2.82. The predicted octanol–water partition coefficient (Wildman–Crippen LogP) is 2.76. The SMILES string of the molecule is CC(C)C1CNc2cccc3cc(CO)n1c23. The number of anilines is 1. The third-order valence-electron chi connectivity index (χ3n) is 3.70. The lowest BCUT2D eigenvalue weighted by atomic mass is 10.0. The number of aromatic nitrogens is 1. The van der Waals surface area contributed by atoms with Crippen molar-refractivity contribution < 1.29 is 5.11 Å². The zero-order valence-electron chi connectivity index (χ0n) is 10.3. The highest BCUT2D eigenvalue weighted by Gasteiger charge is 2.25. The normalized spacial score (nSPS) is 18.7. The molecule has 3 heteroatoms. The van der Waals surface area contributed by atoms with Crippen LogP contribution in [0, 0.1) is 5.92 Å². The molecule has 1 aromatic carbocycles. The summed E-state index contributed by atoms with van der Waals surface area (Å²) in [5.74, 6) is 0.553. The highest BCUT2D eigenvalue weighted by molar-refractivity contribution is 5.93. The van der Waals surface area contributed by atoms with Gasteiger partial charge in [0.05, 0.1) is 23.9 Å². The minimum Gasteiger partial charge on any atom is -0.390 e. The Bertz CT molecular complexity index is 557. The minimum atomic E-state index is 0.108. The van der Waals surface area contributed by atoms with Crippen LogP contribution in [0.2, 0.25) is 0 Å². The van der Waals surface area contributed by atoms with Crippen LogP contribution in [-0.4, -0.2) is 16.2 Å². The van der Waals surface area contributed by atoms with Crippen molar-refractivity contribution in [3.05, 3.63) is 30.0 Å². The predicted molar refractivity (Wildman–Crippen MR) is 70.2 cm³/mol. The van der Waals surface area contributed by atoms with E-state index < -0.39 is 0 Å². The van der Waals surface area contributed by atoms with E-state index in [1.54, 1.807) is 0 Å². The average Bonchev–Trinajstić information content (AvgIpc) is 2.70. The molecule has 17 heavy (non-hydrogen) atoms. The first-order valence-corrected chi connectivity index (χ1v) is 6.20. The number of hydrogen-bond donors (Lipinski definition) is 2. The summed E-state index contributed by atoms with van der Waals surface area (Å²) >= 11 is 0. The van der Waals surface area contributed by atoms with E-state index in [9.17, 15) is 5.11 Å². The third-order valence-corrected chi connectivity index (χ3v) is 3.70. The lowest BCUT2D eigenvalue weighted by Crippen LogP contribution is -2.28. The van der Waals surface area contributed by atoms with Gasteiger partial charge in [0.1, 0.15) is 0 Å². The lowest BCUT2D eigenvalue weighted by molar-refractivity contribution is 0.261. The molecule has 1 aromatic heterocycles. The molecule has 3 rings (SSSR count). The Labute approximate surface area is 101 Å². The maximum absolute atomic E-state index is 9.52. The molecule has 0 saturated heterocycles. The molecule has 1 aliphatic heterocycles. The van der Waals surface area contributed by atoms with E-state index in [4.69, 9.17) is 0 Å². The van der Waals surface area contributed by atoms with Crippen molar-refractivity contribution in [2.24, 2.45) is 5.92 Å². The number of para-hydroxylation sites is 1. The zero-order valence-corrected chi connectivity index (χ0v) is 10.3. The van der Waals surface area contributed by atoms with Crippen LogP contribution in [0.1, 0.15) is 25.6 Å². The first-order valence-electron chi connectivity index (χ1n) is 6.20. The van der Waals surface area contributed by atoms with Crippen molar-refractivity contribution in [1.82, 2.24) is 4.57 Å². The summed E-state index contributed by atoms with van der Waals surface area (Å²) in [7, 11) is 0. The number of rotatable bonds is 2. The van der Waals surface area contributed by atoms with Crippen LogP contribution >= 0.6 is 0 Å². The molecule has 1 atom stereocenters. The highest BCUT2D eigenvalue weighted by Crippen LogP contribution is 2.36. The van der Waals surface area contributed by atoms with E-state index in [1.165, 1.54) is 16.6 Å². The van der Waals surface area contributed by atoms with Gasteiger partial charge in [0.25, 0.3) is 0 Å². The summed E-state index contributed by atoms with van der Waals surface area (Å²) in [6, 6.07) is 8.80. The van der Waals surface area contributed by atoms with Crippen LogP contribution in [0.4, 0.5) is 5.69 Å². The molecule has 90 valence electrons. The first-order chi connectivity index (χ1) is 8.22. The van der Waals surface area contributed by atoms with Crippen molar-refractivity contribution >= 4 is 16.6 Å². The van der Waals surface area contributed by atoms with Gasteiger partial charge in [-0.2, -0.15) is 0 Å². The molecule has 0 bridgehead atoms. The lowest BCUT2D eigenvalue weighted by Gasteiger charge is -2.31. The molecule has 2 aromatic rings. The van der Waals surface area contributed by atoms with Gasteiger partial charge in [0.15, 0.2) is 0 Å². The molecule has 0 amide bonds. The van der Waals surface area contributed by atoms with Crippen LogP contribution in [0.3, 0.4) is 0 Å². The summed E-state index contributed by atoms with van der Waals surface area (Å²) in [4.78, 5) is 0. The van der Waals surface area contributed by atoms with E-state index in [1.807, 2.05) is 0 Å². The van der Waals surface area contributed by atoms with Gasteiger partial charge in [-0.15, -0.1) is 0 Å². The molecule has 0 saturated carbocycles. The van der Waals surface area contributed by atoms with Gasteiger partial charge in [-0.05, 0) is 18.1 Å². The largest absolute Gasteiger partial charge is 0.390 e. The number of nitrogens with one attached hydrogen (secondary N) is 1. The Balaban J connectivity index is 2.32. The number of benzene rings is 1. The number of aliphatic hydroxyl groups excluding tert-OH is 1. The topological polar surface area (TPSA) is 37.2 Å². The summed E-state index contributed by atoms with van der Waals surface area (Å²) in [5, 5.41) is 14.2. The Morgan fingerprint density at radius 3 is 3.00 bits per heavy atom. The second-order valence-corrected chi connectivity index (χ2v) is 5.10. The van der Waals surface area contributed by atoms with E-state index in [2.05, 4.69) is 48.0 Å². The molecule has 1 unspecified atom stereocenters. The van der Waals surface area contributed by atoms with Gasteiger partial charge < -0.3 is 15.0 Å². The van der Waals surface area contributed by atoms with Crippen LogP contribution in [0.25, 0.3) is 10.9 Å². The van der Waals surface area contributed by atoms with Crippen LogP contribution in [-0.2, 0) is 6.61 Å².